The molecule has 2 heterocycles. The molecule has 0 bridgehead atoms. The van der Waals surface area contributed by atoms with Crippen LogP contribution in [-0.4, -0.2) is 29.4 Å². The third-order valence-electron chi connectivity index (χ3n) is 2.92. The van der Waals surface area contributed by atoms with Crippen molar-refractivity contribution in [1.82, 2.24) is 15.6 Å². The van der Waals surface area contributed by atoms with Gasteiger partial charge in [0.2, 0.25) is 5.91 Å². The molecule has 1 saturated heterocycles. The number of pyridine rings is 1. The van der Waals surface area contributed by atoms with E-state index in [1.54, 1.807) is 12.3 Å². The molecule has 0 aliphatic carbocycles. The second-order valence-electron chi connectivity index (χ2n) is 4.31. The van der Waals surface area contributed by atoms with E-state index < -0.39 is 5.91 Å². The van der Waals surface area contributed by atoms with Gasteiger partial charge in [-0.3, -0.25) is 14.6 Å². The molecule has 0 aromatic carbocycles. The fraction of sp³-hybridized carbons (Fsp3) is 0.417. The van der Waals surface area contributed by atoms with Gasteiger partial charge in [-0.1, -0.05) is 6.07 Å². The second-order valence-corrected chi connectivity index (χ2v) is 4.31. The fourth-order valence-corrected chi connectivity index (χ4v) is 2.01. The third-order valence-corrected chi connectivity index (χ3v) is 2.92. The Morgan fingerprint density at radius 2 is 2.44 bits per heavy atom. The number of aromatic nitrogens is 1. The summed E-state index contributed by atoms with van der Waals surface area (Å²) in [4.78, 5) is 26.1. The molecule has 1 atom stereocenters. The first-order valence-corrected chi connectivity index (χ1v) is 5.90. The van der Waals surface area contributed by atoms with E-state index in [1.165, 1.54) is 0 Å². The number of nitrogens with one attached hydrogen (secondary N) is 2. The van der Waals surface area contributed by atoms with E-state index in [9.17, 15) is 9.59 Å². The van der Waals surface area contributed by atoms with E-state index in [4.69, 9.17) is 5.73 Å². The number of nitrogens with zero attached hydrogens (tertiary/aromatic N) is 1. The lowest BCUT2D eigenvalue weighted by Crippen LogP contribution is -2.35. The van der Waals surface area contributed by atoms with Crippen LogP contribution in [0.5, 0.6) is 0 Å². The van der Waals surface area contributed by atoms with E-state index >= 15 is 0 Å². The van der Waals surface area contributed by atoms with E-state index in [0.717, 1.165) is 12.0 Å². The smallest absolute Gasteiger partial charge is 0.267 e. The molecular weight excluding hydrogens is 232 g/mol. The minimum Gasteiger partial charge on any atom is -0.364 e. The van der Waals surface area contributed by atoms with Gasteiger partial charge in [-0.25, -0.2) is 0 Å². The predicted octanol–water partition coefficient (Wildman–Crippen LogP) is -0.451. The number of amides is 2. The zero-order valence-corrected chi connectivity index (χ0v) is 9.98. The van der Waals surface area contributed by atoms with Gasteiger partial charge >= 0.3 is 0 Å². The molecule has 0 spiro atoms. The van der Waals surface area contributed by atoms with E-state index in [0.29, 0.717) is 25.2 Å². The second kappa shape index (κ2) is 5.59. The van der Waals surface area contributed by atoms with Gasteiger partial charge in [-0.2, -0.15) is 0 Å². The molecule has 18 heavy (non-hydrogen) atoms. The fourth-order valence-electron chi connectivity index (χ4n) is 2.01. The topological polar surface area (TPSA) is 97.1 Å². The van der Waals surface area contributed by atoms with Gasteiger partial charge < -0.3 is 16.4 Å². The molecular formula is C12H16N4O2. The molecule has 6 heteroatoms. The number of primary amides is 1. The lowest BCUT2D eigenvalue weighted by molar-refractivity contribution is -0.119. The van der Waals surface area contributed by atoms with Crippen molar-refractivity contribution < 1.29 is 9.59 Å². The first-order valence-electron chi connectivity index (χ1n) is 5.90. The molecule has 1 fully saturated rings. The van der Waals surface area contributed by atoms with E-state index in [2.05, 4.69) is 15.6 Å². The Balaban J connectivity index is 1.86. The summed E-state index contributed by atoms with van der Waals surface area (Å²) in [5, 5.41) is 6.07. The number of nitrogens with two attached hydrogens (primary N) is 1. The molecule has 1 aliphatic rings. The summed E-state index contributed by atoms with van der Waals surface area (Å²) in [6.07, 6.45) is 2.98. The molecule has 1 aromatic heterocycles. The SMILES string of the molecule is NC(=O)c1ncccc1CNC[C@@H]1CCC(=O)N1. The van der Waals surface area contributed by atoms with Crippen molar-refractivity contribution in [2.75, 3.05) is 6.54 Å². The summed E-state index contributed by atoms with van der Waals surface area (Å²) < 4.78 is 0. The van der Waals surface area contributed by atoms with Crippen molar-refractivity contribution in [3.63, 3.8) is 0 Å². The summed E-state index contributed by atoms with van der Waals surface area (Å²) in [6.45, 7) is 1.19. The third kappa shape index (κ3) is 3.04. The molecule has 1 aromatic rings. The van der Waals surface area contributed by atoms with Crippen molar-refractivity contribution >= 4 is 11.8 Å². The Morgan fingerprint density at radius 1 is 1.61 bits per heavy atom. The summed E-state index contributed by atoms with van der Waals surface area (Å²) in [7, 11) is 0. The van der Waals surface area contributed by atoms with Crippen molar-refractivity contribution in [1.29, 1.82) is 0 Å². The Morgan fingerprint density at radius 3 is 3.11 bits per heavy atom. The first-order chi connectivity index (χ1) is 8.66. The van der Waals surface area contributed by atoms with Crippen LogP contribution in [0.4, 0.5) is 0 Å². The summed E-state index contributed by atoms with van der Waals surface area (Å²) in [5.41, 5.74) is 6.31. The molecule has 4 N–H and O–H groups in total. The quantitative estimate of drug-likeness (QED) is 0.657. The van der Waals surface area contributed by atoms with Crippen LogP contribution < -0.4 is 16.4 Å². The monoisotopic (exact) mass is 248 g/mol. The highest BCUT2D eigenvalue weighted by Crippen LogP contribution is 2.07. The molecule has 0 saturated carbocycles. The molecule has 96 valence electrons. The minimum absolute atomic E-state index is 0.0982. The van der Waals surface area contributed by atoms with Crippen LogP contribution in [-0.2, 0) is 11.3 Å². The minimum atomic E-state index is -0.526. The van der Waals surface area contributed by atoms with Gasteiger partial charge in [0.15, 0.2) is 0 Å². The maximum absolute atomic E-state index is 11.2. The maximum Gasteiger partial charge on any atom is 0.267 e. The van der Waals surface area contributed by atoms with Crippen LogP contribution >= 0.6 is 0 Å². The van der Waals surface area contributed by atoms with Gasteiger partial charge in [0.05, 0.1) is 0 Å². The van der Waals surface area contributed by atoms with Crippen LogP contribution in [0, 0.1) is 0 Å². The Labute approximate surface area is 105 Å². The first kappa shape index (κ1) is 12.5. The standard InChI is InChI=1S/C12H16N4O2/c13-12(18)11-8(2-1-5-15-11)6-14-7-9-3-4-10(17)16-9/h1-2,5,9,14H,3-4,6-7H2,(H2,13,18)(H,16,17)/t9-/m0/s1. The van der Waals surface area contributed by atoms with Crippen molar-refractivity contribution in [3.05, 3.63) is 29.6 Å². The Hall–Kier alpha value is -1.95. The number of rotatable bonds is 5. The van der Waals surface area contributed by atoms with Gasteiger partial charge in [0.1, 0.15) is 5.69 Å². The van der Waals surface area contributed by atoms with Crippen molar-refractivity contribution in [3.8, 4) is 0 Å². The summed E-state index contributed by atoms with van der Waals surface area (Å²) in [5.74, 6) is -0.428. The molecule has 2 amide bonds. The van der Waals surface area contributed by atoms with Crippen LogP contribution in [0.25, 0.3) is 0 Å². The van der Waals surface area contributed by atoms with Gasteiger partial charge in [-0.05, 0) is 18.1 Å². The highest BCUT2D eigenvalue weighted by Gasteiger charge is 2.20. The highest BCUT2D eigenvalue weighted by atomic mass is 16.2. The van der Waals surface area contributed by atoms with Gasteiger partial charge in [-0.15, -0.1) is 0 Å². The Bertz CT molecular complexity index is 461. The average Bonchev–Trinajstić information content (AvgIpc) is 2.75. The molecule has 1 aliphatic heterocycles. The van der Waals surface area contributed by atoms with Gasteiger partial charge in [0, 0.05) is 31.7 Å². The van der Waals surface area contributed by atoms with Crippen molar-refractivity contribution in [2.45, 2.75) is 25.4 Å². The molecule has 2 rings (SSSR count). The Kier molecular flexibility index (Phi) is 3.88. The number of hydrogen-bond acceptors (Lipinski definition) is 4. The molecule has 0 unspecified atom stereocenters. The zero-order chi connectivity index (χ0) is 13.0. The van der Waals surface area contributed by atoms with Gasteiger partial charge in [0.25, 0.3) is 5.91 Å². The maximum atomic E-state index is 11.2. The van der Waals surface area contributed by atoms with Crippen LogP contribution in [0.2, 0.25) is 0 Å². The lowest BCUT2D eigenvalue weighted by atomic mass is 10.1. The molecule has 6 nitrogen and oxygen atoms in total. The van der Waals surface area contributed by atoms with Crippen LogP contribution in [0.15, 0.2) is 18.3 Å². The molecule has 0 radical (unpaired) electrons. The number of hydrogen-bond donors (Lipinski definition) is 3. The number of carbonyl (C=O) groups excluding carboxylic acids is 2. The lowest BCUT2D eigenvalue weighted by Gasteiger charge is -2.12. The highest BCUT2D eigenvalue weighted by molar-refractivity contribution is 5.92. The van der Waals surface area contributed by atoms with Crippen LogP contribution in [0.3, 0.4) is 0 Å². The zero-order valence-electron chi connectivity index (χ0n) is 9.98. The average molecular weight is 248 g/mol. The summed E-state index contributed by atoms with van der Waals surface area (Å²) in [6, 6.07) is 3.75. The largest absolute Gasteiger partial charge is 0.364 e. The predicted molar refractivity (Wildman–Crippen MR) is 65.6 cm³/mol. The van der Waals surface area contributed by atoms with Crippen molar-refractivity contribution in [2.24, 2.45) is 5.73 Å². The van der Waals surface area contributed by atoms with E-state index in [1.807, 2.05) is 6.07 Å². The summed E-state index contributed by atoms with van der Waals surface area (Å²) >= 11 is 0. The van der Waals surface area contributed by atoms with E-state index in [-0.39, 0.29) is 11.9 Å². The normalized spacial score (nSPS) is 18.7. The van der Waals surface area contributed by atoms with Crippen LogP contribution in [0.1, 0.15) is 28.9 Å². The number of carbonyl (C=O) groups is 2.